The lowest BCUT2D eigenvalue weighted by atomic mass is 10.1. The maximum Gasteiger partial charge on any atom is 0.498 e. The summed E-state index contributed by atoms with van der Waals surface area (Å²) >= 11 is 0. The van der Waals surface area contributed by atoms with Gasteiger partial charge in [0.2, 0.25) is 0 Å². The first kappa shape index (κ1) is 17.6. The Morgan fingerprint density at radius 2 is 1.58 bits per heavy atom. The van der Waals surface area contributed by atoms with Gasteiger partial charge in [0.25, 0.3) is 0 Å². The van der Waals surface area contributed by atoms with Gasteiger partial charge in [0.05, 0.1) is 41.0 Å². The minimum absolute atomic E-state index is 0.0803. The molecule has 1 heterocycles. The normalized spacial score (nSPS) is 10.9. The van der Waals surface area contributed by atoms with Crippen LogP contribution in [-0.2, 0) is 14.1 Å². The first-order valence-electron chi connectivity index (χ1n) is 7.47. The summed E-state index contributed by atoms with van der Waals surface area (Å²) in [6.45, 7) is 1.90. The fraction of sp³-hybridized carbons (Fsp3) is 0.333. The summed E-state index contributed by atoms with van der Waals surface area (Å²) in [4.78, 5) is 12.2. The highest BCUT2D eigenvalue weighted by molar-refractivity contribution is 5.75. The van der Waals surface area contributed by atoms with E-state index in [1.165, 1.54) is 0 Å². The number of benzene rings is 1. The van der Waals surface area contributed by atoms with E-state index in [0.29, 0.717) is 17.2 Å². The highest BCUT2D eigenvalue weighted by Gasteiger charge is 2.14. The summed E-state index contributed by atoms with van der Waals surface area (Å²) in [5.41, 5.74) is 2.37. The Bertz CT molecular complexity index is 813. The molecule has 1 aromatic carbocycles. The van der Waals surface area contributed by atoms with Crippen LogP contribution in [0.5, 0.6) is 17.2 Å². The Morgan fingerprint density at radius 1 is 1.00 bits per heavy atom. The molecule has 0 radical (unpaired) electrons. The molecule has 1 aromatic heterocycles. The number of aryl methyl sites for hydroxylation is 1. The van der Waals surface area contributed by atoms with E-state index in [-0.39, 0.29) is 5.69 Å². The second-order valence-electron chi connectivity index (χ2n) is 5.39. The molecule has 2 aromatic rings. The van der Waals surface area contributed by atoms with Crippen LogP contribution in [0.2, 0.25) is 0 Å². The van der Waals surface area contributed by atoms with Crippen molar-refractivity contribution in [3.05, 3.63) is 45.6 Å². The third kappa shape index (κ3) is 3.27. The van der Waals surface area contributed by atoms with E-state index in [4.69, 9.17) is 14.2 Å². The van der Waals surface area contributed by atoms with Gasteiger partial charge in [-0.2, -0.15) is 13.9 Å². The maximum atomic E-state index is 12.2. The van der Waals surface area contributed by atoms with Crippen molar-refractivity contribution in [1.82, 2.24) is 4.57 Å². The van der Waals surface area contributed by atoms with E-state index in [9.17, 15) is 4.79 Å². The van der Waals surface area contributed by atoms with Gasteiger partial charge in [-0.3, -0.25) is 0 Å². The first-order chi connectivity index (χ1) is 11.4. The summed E-state index contributed by atoms with van der Waals surface area (Å²) in [6, 6.07) is 5.52. The van der Waals surface area contributed by atoms with Crippen LogP contribution < -0.4 is 24.5 Å². The van der Waals surface area contributed by atoms with E-state index < -0.39 is 0 Å². The predicted molar refractivity (Wildman–Crippen MR) is 92.6 cm³/mol. The molecule has 0 N–H and O–H groups in total. The fourth-order valence-electron chi connectivity index (χ4n) is 2.42. The molecule has 0 aliphatic heterocycles. The van der Waals surface area contributed by atoms with Gasteiger partial charge in [0.1, 0.15) is 28.6 Å². The van der Waals surface area contributed by atoms with Crippen LogP contribution in [-0.4, -0.2) is 25.9 Å². The average Bonchev–Trinajstić information content (AvgIpc) is 2.60. The Hall–Kier alpha value is -2.76. The SMILES string of the molecule is COc1cc(OC)c(/C=C/c2cc(C)n(C)c(=O)[n+]2C)c(OC)c1. The lowest BCUT2D eigenvalue weighted by Gasteiger charge is -2.12. The van der Waals surface area contributed by atoms with Gasteiger partial charge in [-0.15, -0.1) is 0 Å². The Balaban J connectivity index is 2.56. The summed E-state index contributed by atoms with van der Waals surface area (Å²) in [5.74, 6) is 1.91. The zero-order valence-corrected chi connectivity index (χ0v) is 14.9. The van der Waals surface area contributed by atoms with Crippen LogP contribution in [0.4, 0.5) is 0 Å². The molecule has 0 atom stereocenters. The van der Waals surface area contributed by atoms with Crippen molar-refractivity contribution in [3.8, 4) is 17.2 Å². The van der Waals surface area contributed by atoms with Crippen LogP contribution in [0.3, 0.4) is 0 Å². The molecule has 0 aliphatic rings. The van der Waals surface area contributed by atoms with Crippen molar-refractivity contribution in [2.45, 2.75) is 6.92 Å². The molecule has 0 saturated heterocycles. The summed E-state index contributed by atoms with van der Waals surface area (Å²) in [6.07, 6.45) is 3.73. The topological polar surface area (TPSA) is 53.6 Å². The molecule has 0 saturated carbocycles. The number of ether oxygens (including phenoxy) is 3. The standard InChI is InChI=1S/C18H23N2O4/c1-12-9-13(20(3)18(21)19(12)2)7-8-15-16(23-5)10-14(22-4)11-17(15)24-6/h7-11H,1-6H3/q+1/b8-7+. The van der Waals surface area contributed by atoms with Crippen LogP contribution in [0, 0.1) is 6.92 Å². The molecule has 0 aliphatic carbocycles. The molecular weight excluding hydrogens is 308 g/mol. The zero-order valence-electron chi connectivity index (χ0n) is 14.9. The van der Waals surface area contributed by atoms with Gasteiger partial charge < -0.3 is 14.2 Å². The molecule has 0 spiro atoms. The third-order valence-electron chi connectivity index (χ3n) is 4.02. The predicted octanol–water partition coefficient (Wildman–Crippen LogP) is 1.71. The average molecular weight is 331 g/mol. The largest absolute Gasteiger partial charge is 0.498 e. The van der Waals surface area contributed by atoms with Gasteiger partial charge >= 0.3 is 5.69 Å². The van der Waals surface area contributed by atoms with Crippen molar-refractivity contribution < 1.29 is 18.8 Å². The van der Waals surface area contributed by atoms with Crippen molar-refractivity contribution >= 4 is 12.2 Å². The molecule has 0 bridgehead atoms. The number of rotatable bonds is 5. The van der Waals surface area contributed by atoms with E-state index in [1.807, 2.05) is 25.1 Å². The number of methoxy groups -OCH3 is 3. The quantitative estimate of drug-likeness (QED) is 0.783. The molecule has 6 nitrogen and oxygen atoms in total. The zero-order chi connectivity index (χ0) is 17.9. The second-order valence-corrected chi connectivity index (χ2v) is 5.39. The molecule has 0 unspecified atom stereocenters. The van der Waals surface area contributed by atoms with E-state index in [2.05, 4.69) is 0 Å². The van der Waals surface area contributed by atoms with E-state index >= 15 is 0 Å². The summed E-state index contributed by atoms with van der Waals surface area (Å²) in [7, 11) is 8.26. The van der Waals surface area contributed by atoms with Crippen molar-refractivity contribution in [2.75, 3.05) is 21.3 Å². The summed E-state index contributed by atoms with van der Waals surface area (Å²) in [5, 5.41) is 0. The smallest absolute Gasteiger partial charge is 0.496 e. The Labute approximate surface area is 141 Å². The van der Waals surface area contributed by atoms with Gasteiger partial charge in [-0.05, 0) is 19.1 Å². The summed E-state index contributed by atoms with van der Waals surface area (Å²) < 4.78 is 19.3. The van der Waals surface area contributed by atoms with Crippen LogP contribution >= 0.6 is 0 Å². The second kappa shape index (κ2) is 7.21. The van der Waals surface area contributed by atoms with Crippen LogP contribution in [0.1, 0.15) is 17.0 Å². The number of hydrogen-bond acceptors (Lipinski definition) is 4. The molecule has 0 amide bonds. The van der Waals surface area contributed by atoms with Gasteiger partial charge in [-0.25, -0.2) is 0 Å². The van der Waals surface area contributed by atoms with Crippen molar-refractivity contribution in [1.29, 1.82) is 0 Å². The van der Waals surface area contributed by atoms with Crippen molar-refractivity contribution in [3.63, 3.8) is 0 Å². The Morgan fingerprint density at radius 3 is 2.08 bits per heavy atom. The molecular formula is C18H23N2O4+. The fourth-order valence-corrected chi connectivity index (χ4v) is 2.42. The lowest BCUT2D eigenvalue weighted by Crippen LogP contribution is -2.53. The number of aromatic nitrogens is 2. The van der Waals surface area contributed by atoms with Crippen molar-refractivity contribution in [2.24, 2.45) is 14.1 Å². The lowest BCUT2D eigenvalue weighted by molar-refractivity contribution is -0.692. The third-order valence-corrected chi connectivity index (χ3v) is 4.02. The minimum atomic E-state index is -0.0803. The monoisotopic (exact) mass is 331 g/mol. The maximum absolute atomic E-state index is 12.2. The van der Waals surface area contributed by atoms with Crippen LogP contribution in [0.15, 0.2) is 23.0 Å². The molecule has 128 valence electrons. The highest BCUT2D eigenvalue weighted by Crippen LogP contribution is 2.35. The molecule has 6 heteroatoms. The van der Waals surface area contributed by atoms with E-state index in [1.54, 1.807) is 56.7 Å². The minimum Gasteiger partial charge on any atom is -0.496 e. The highest BCUT2D eigenvalue weighted by atomic mass is 16.5. The Kier molecular flexibility index (Phi) is 5.28. The van der Waals surface area contributed by atoms with Gasteiger partial charge in [-0.1, -0.05) is 0 Å². The first-order valence-corrected chi connectivity index (χ1v) is 7.47. The van der Waals surface area contributed by atoms with E-state index in [0.717, 1.165) is 17.0 Å². The van der Waals surface area contributed by atoms with Gasteiger partial charge in [0, 0.05) is 18.2 Å². The number of hydrogen-bond donors (Lipinski definition) is 0. The molecule has 2 rings (SSSR count). The molecule has 0 fully saturated rings. The number of nitrogens with zero attached hydrogens (tertiary/aromatic N) is 2. The van der Waals surface area contributed by atoms with Gasteiger partial charge in [0.15, 0.2) is 0 Å². The molecule has 24 heavy (non-hydrogen) atoms. The van der Waals surface area contributed by atoms with Crippen LogP contribution in [0.25, 0.3) is 12.2 Å².